The molecular weight excluding hydrogens is 218 g/mol. The highest BCUT2D eigenvalue weighted by molar-refractivity contribution is 5.35. The van der Waals surface area contributed by atoms with Gasteiger partial charge in [-0.3, -0.25) is 0 Å². The van der Waals surface area contributed by atoms with Crippen LogP contribution >= 0.6 is 0 Å². The van der Waals surface area contributed by atoms with Gasteiger partial charge >= 0.3 is 0 Å². The van der Waals surface area contributed by atoms with E-state index in [9.17, 15) is 10.2 Å². The van der Waals surface area contributed by atoms with Gasteiger partial charge in [-0.15, -0.1) is 0 Å². The molecule has 4 heteroatoms. The number of aryl methyl sites for hydroxylation is 1. The Morgan fingerprint density at radius 2 is 2.00 bits per heavy atom. The van der Waals surface area contributed by atoms with Crippen molar-refractivity contribution >= 4 is 0 Å². The van der Waals surface area contributed by atoms with Crippen LogP contribution < -0.4 is 10.1 Å². The molecule has 0 aliphatic rings. The Balaban J connectivity index is 2.80. The van der Waals surface area contributed by atoms with E-state index in [1.165, 1.54) is 0 Å². The molecule has 0 fully saturated rings. The number of benzene rings is 1. The van der Waals surface area contributed by atoms with Gasteiger partial charge < -0.3 is 20.3 Å². The Hall–Kier alpha value is -1.10. The van der Waals surface area contributed by atoms with Gasteiger partial charge in [-0.1, -0.05) is 6.07 Å². The number of aliphatic hydroxyl groups is 2. The molecule has 17 heavy (non-hydrogen) atoms. The van der Waals surface area contributed by atoms with E-state index >= 15 is 0 Å². The first kappa shape index (κ1) is 14.0. The lowest BCUT2D eigenvalue weighted by molar-refractivity contribution is 0.0139. The smallest absolute Gasteiger partial charge is 0.119 e. The van der Waals surface area contributed by atoms with Gasteiger partial charge in [0.25, 0.3) is 0 Å². The fourth-order valence-electron chi connectivity index (χ4n) is 1.74. The summed E-state index contributed by atoms with van der Waals surface area (Å²) in [6.07, 6.45) is -1.14. The minimum absolute atomic E-state index is 0.508. The van der Waals surface area contributed by atoms with E-state index in [1.54, 1.807) is 13.2 Å². The maximum atomic E-state index is 10.0. The number of methoxy groups -OCH3 is 1. The average Bonchev–Trinajstić information content (AvgIpc) is 2.34. The maximum Gasteiger partial charge on any atom is 0.119 e. The fraction of sp³-hybridized carbons (Fsp3) is 0.538. The van der Waals surface area contributed by atoms with Crippen LogP contribution in [0.4, 0.5) is 0 Å². The first-order valence-electron chi connectivity index (χ1n) is 5.74. The molecule has 0 radical (unpaired) electrons. The molecule has 0 saturated heterocycles. The highest BCUT2D eigenvalue weighted by Crippen LogP contribution is 2.24. The lowest BCUT2D eigenvalue weighted by Gasteiger charge is -2.19. The van der Waals surface area contributed by atoms with Gasteiger partial charge in [-0.2, -0.15) is 0 Å². The van der Waals surface area contributed by atoms with Crippen LogP contribution in [0.3, 0.4) is 0 Å². The molecule has 96 valence electrons. The zero-order valence-electron chi connectivity index (χ0n) is 10.6. The molecule has 0 aliphatic carbocycles. The first-order valence-corrected chi connectivity index (χ1v) is 5.74. The van der Waals surface area contributed by atoms with Gasteiger partial charge in [-0.05, 0) is 50.2 Å². The Kier molecular flexibility index (Phi) is 5.41. The molecule has 2 atom stereocenters. The number of nitrogens with one attached hydrogen (secondary N) is 1. The third-order valence-corrected chi connectivity index (χ3v) is 2.70. The molecule has 0 saturated carbocycles. The van der Waals surface area contributed by atoms with Crippen molar-refractivity contribution in [3.63, 3.8) is 0 Å². The van der Waals surface area contributed by atoms with Crippen LogP contribution in [0.2, 0.25) is 0 Å². The predicted molar refractivity (Wildman–Crippen MR) is 67.2 cm³/mol. The largest absolute Gasteiger partial charge is 0.497 e. The van der Waals surface area contributed by atoms with Gasteiger partial charge in [0.2, 0.25) is 0 Å². The standard InChI is InChI=1S/C13H21NO3/c1-9-6-10(8-11(7-9)17-3)13(16)12(15)4-5-14-2/h6-8,12-16H,4-5H2,1-3H3. The molecule has 0 aromatic heterocycles. The second kappa shape index (κ2) is 6.59. The topological polar surface area (TPSA) is 61.7 Å². The Morgan fingerprint density at radius 1 is 1.29 bits per heavy atom. The lowest BCUT2D eigenvalue weighted by atomic mass is 10.00. The van der Waals surface area contributed by atoms with E-state index in [4.69, 9.17) is 4.74 Å². The molecule has 0 spiro atoms. The van der Waals surface area contributed by atoms with E-state index in [2.05, 4.69) is 5.32 Å². The normalized spacial score (nSPS) is 14.4. The van der Waals surface area contributed by atoms with E-state index in [-0.39, 0.29) is 0 Å². The van der Waals surface area contributed by atoms with E-state index in [1.807, 2.05) is 26.1 Å². The summed E-state index contributed by atoms with van der Waals surface area (Å²) in [6, 6.07) is 5.49. The van der Waals surface area contributed by atoms with Crippen molar-refractivity contribution in [2.24, 2.45) is 0 Å². The number of rotatable bonds is 6. The van der Waals surface area contributed by atoms with Crippen molar-refractivity contribution in [2.75, 3.05) is 20.7 Å². The minimum atomic E-state index is -0.878. The first-order chi connectivity index (χ1) is 8.08. The van der Waals surface area contributed by atoms with E-state index in [0.717, 1.165) is 5.56 Å². The minimum Gasteiger partial charge on any atom is -0.497 e. The fourth-order valence-corrected chi connectivity index (χ4v) is 1.74. The number of hydrogen-bond donors (Lipinski definition) is 3. The maximum absolute atomic E-state index is 10.0. The zero-order chi connectivity index (χ0) is 12.8. The molecule has 1 aromatic rings. The molecule has 4 nitrogen and oxygen atoms in total. The van der Waals surface area contributed by atoms with Crippen molar-refractivity contribution in [1.82, 2.24) is 5.32 Å². The van der Waals surface area contributed by atoms with Gasteiger partial charge in [0.1, 0.15) is 11.9 Å². The van der Waals surface area contributed by atoms with E-state index in [0.29, 0.717) is 24.3 Å². The summed E-state index contributed by atoms with van der Waals surface area (Å²) in [6.45, 7) is 2.60. The molecule has 0 heterocycles. The van der Waals surface area contributed by atoms with Crippen LogP contribution in [0.15, 0.2) is 18.2 Å². The van der Waals surface area contributed by atoms with Crippen LogP contribution in [0, 0.1) is 6.92 Å². The van der Waals surface area contributed by atoms with Crippen molar-refractivity contribution in [1.29, 1.82) is 0 Å². The van der Waals surface area contributed by atoms with Gasteiger partial charge in [0.05, 0.1) is 13.2 Å². The van der Waals surface area contributed by atoms with Crippen molar-refractivity contribution in [3.05, 3.63) is 29.3 Å². The van der Waals surface area contributed by atoms with Gasteiger partial charge in [-0.25, -0.2) is 0 Å². The van der Waals surface area contributed by atoms with Crippen molar-refractivity contribution in [2.45, 2.75) is 25.6 Å². The molecule has 1 aromatic carbocycles. The van der Waals surface area contributed by atoms with E-state index < -0.39 is 12.2 Å². The second-order valence-corrected chi connectivity index (χ2v) is 4.19. The molecule has 0 aliphatic heterocycles. The zero-order valence-corrected chi connectivity index (χ0v) is 10.6. The summed E-state index contributed by atoms with van der Waals surface area (Å²) in [7, 11) is 3.40. The van der Waals surface area contributed by atoms with Gasteiger partial charge in [0.15, 0.2) is 0 Å². The summed E-state index contributed by atoms with van der Waals surface area (Å²) < 4.78 is 5.14. The summed E-state index contributed by atoms with van der Waals surface area (Å²) >= 11 is 0. The third kappa shape index (κ3) is 4.00. The van der Waals surface area contributed by atoms with Crippen LogP contribution in [0.25, 0.3) is 0 Å². The summed E-state index contributed by atoms with van der Waals surface area (Å²) in [5.74, 6) is 0.694. The second-order valence-electron chi connectivity index (χ2n) is 4.19. The Labute approximate surface area is 102 Å². The Bertz CT molecular complexity index is 355. The molecule has 2 unspecified atom stereocenters. The van der Waals surface area contributed by atoms with Crippen molar-refractivity contribution in [3.8, 4) is 5.75 Å². The number of hydrogen-bond acceptors (Lipinski definition) is 4. The average molecular weight is 239 g/mol. The molecule has 3 N–H and O–H groups in total. The van der Waals surface area contributed by atoms with Crippen LogP contribution in [-0.2, 0) is 0 Å². The summed E-state index contributed by atoms with van der Waals surface area (Å²) in [5, 5.41) is 22.8. The Morgan fingerprint density at radius 3 is 2.59 bits per heavy atom. The summed E-state index contributed by atoms with van der Waals surface area (Å²) in [4.78, 5) is 0. The quantitative estimate of drug-likeness (QED) is 0.693. The van der Waals surface area contributed by atoms with Crippen LogP contribution in [0.5, 0.6) is 5.75 Å². The number of aliphatic hydroxyl groups excluding tert-OH is 2. The SMILES string of the molecule is CNCCC(O)C(O)c1cc(C)cc(OC)c1. The number of ether oxygens (including phenoxy) is 1. The lowest BCUT2D eigenvalue weighted by Crippen LogP contribution is -2.23. The monoisotopic (exact) mass is 239 g/mol. The van der Waals surface area contributed by atoms with Crippen LogP contribution in [-0.4, -0.2) is 37.0 Å². The molecule has 0 amide bonds. The van der Waals surface area contributed by atoms with Crippen molar-refractivity contribution < 1.29 is 14.9 Å². The molecule has 1 rings (SSSR count). The highest BCUT2D eigenvalue weighted by Gasteiger charge is 2.18. The predicted octanol–water partition coefficient (Wildman–Crippen LogP) is 1.01. The third-order valence-electron chi connectivity index (χ3n) is 2.70. The highest BCUT2D eigenvalue weighted by atomic mass is 16.5. The van der Waals surface area contributed by atoms with Crippen LogP contribution in [0.1, 0.15) is 23.7 Å². The molecular formula is C13H21NO3. The van der Waals surface area contributed by atoms with Gasteiger partial charge in [0, 0.05) is 0 Å². The summed E-state index contributed by atoms with van der Waals surface area (Å²) in [5.41, 5.74) is 1.68. The molecule has 0 bridgehead atoms.